The number of hydrogen-bond donors (Lipinski definition) is 1. The molecule has 0 saturated heterocycles. The molecule has 9 atom stereocenters. The molecule has 0 spiro atoms. The molecule has 0 aromatic heterocycles. The van der Waals surface area contributed by atoms with E-state index in [1.807, 2.05) is 30.3 Å². The van der Waals surface area contributed by atoms with Crippen LogP contribution in [0.15, 0.2) is 30.3 Å². The van der Waals surface area contributed by atoms with Crippen molar-refractivity contribution < 1.29 is 4.79 Å². The fourth-order valence-electron chi connectivity index (χ4n) is 9.44. The Balaban J connectivity index is 1.27. The number of nitrogens with one attached hydrogen (secondary N) is 1. The van der Waals surface area contributed by atoms with Crippen LogP contribution in [0.25, 0.3) is 0 Å². The molecule has 3 nitrogen and oxygen atoms in total. The predicted molar refractivity (Wildman–Crippen MR) is 136 cm³/mol. The Hall–Kier alpha value is -1.35. The first-order valence-corrected chi connectivity index (χ1v) is 13.8. The van der Waals surface area contributed by atoms with E-state index in [9.17, 15) is 4.79 Å². The van der Waals surface area contributed by atoms with E-state index >= 15 is 0 Å². The molecule has 4 aliphatic rings. The van der Waals surface area contributed by atoms with Crippen LogP contribution in [0.2, 0.25) is 0 Å². The Kier molecular flexibility index (Phi) is 6.17. The molecule has 1 aromatic carbocycles. The zero-order valence-corrected chi connectivity index (χ0v) is 21.6. The van der Waals surface area contributed by atoms with Crippen molar-refractivity contribution in [1.29, 1.82) is 0 Å². The maximum absolute atomic E-state index is 12.8. The fraction of sp³-hybridized carbons (Fsp3) is 0.767. The lowest BCUT2D eigenvalue weighted by atomic mass is 9.44. The van der Waals surface area contributed by atoms with Crippen LogP contribution in [-0.4, -0.2) is 37.0 Å². The van der Waals surface area contributed by atoms with E-state index in [0.29, 0.717) is 22.9 Å². The molecule has 4 fully saturated rings. The van der Waals surface area contributed by atoms with Gasteiger partial charge in [-0.25, -0.2) is 0 Å². The van der Waals surface area contributed by atoms with Crippen molar-refractivity contribution in [3.63, 3.8) is 0 Å². The van der Waals surface area contributed by atoms with Gasteiger partial charge in [-0.1, -0.05) is 32.0 Å². The molecule has 33 heavy (non-hydrogen) atoms. The predicted octanol–water partition coefficient (Wildman–Crippen LogP) is 6.39. The molecule has 182 valence electrons. The lowest BCUT2D eigenvalue weighted by molar-refractivity contribution is -0.117. The molecule has 1 aromatic rings. The minimum atomic E-state index is 0.110. The summed E-state index contributed by atoms with van der Waals surface area (Å²) in [7, 11) is 4.54. The van der Waals surface area contributed by atoms with E-state index in [1.165, 1.54) is 51.4 Å². The number of nitrogens with zero attached hydrogens (tertiary/aromatic N) is 1. The van der Waals surface area contributed by atoms with Crippen LogP contribution in [0.1, 0.15) is 88.9 Å². The van der Waals surface area contributed by atoms with Crippen LogP contribution < -0.4 is 5.32 Å². The lowest BCUT2D eigenvalue weighted by Crippen LogP contribution is -2.56. The van der Waals surface area contributed by atoms with Crippen LogP contribution in [-0.2, 0) is 0 Å². The first kappa shape index (κ1) is 23.4. The quantitative estimate of drug-likeness (QED) is 0.576. The number of carbonyl (C=O) groups excluding carboxylic acids is 1. The monoisotopic (exact) mass is 450 g/mol. The molecule has 0 unspecified atom stereocenters. The molecule has 1 N–H and O–H groups in total. The molecule has 0 aliphatic heterocycles. The molecule has 4 aliphatic carbocycles. The summed E-state index contributed by atoms with van der Waals surface area (Å²) in [6, 6.07) is 10.8. The van der Waals surface area contributed by atoms with Crippen molar-refractivity contribution in [2.45, 2.75) is 90.6 Å². The van der Waals surface area contributed by atoms with Gasteiger partial charge in [-0.3, -0.25) is 4.79 Å². The highest BCUT2D eigenvalue weighted by atomic mass is 16.1. The lowest BCUT2D eigenvalue weighted by Gasteiger charge is -2.61. The third-order valence-corrected chi connectivity index (χ3v) is 11.5. The number of benzene rings is 1. The first-order chi connectivity index (χ1) is 15.7. The van der Waals surface area contributed by atoms with E-state index in [-0.39, 0.29) is 5.91 Å². The van der Waals surface area contributed by atoms with Gasteiger partial charge in [0.15, 0.2) is 0 Å². The van der Waals surface area contributed by atoms with Gasteiger partial charge in [0.05, 0.1) is 0 Å². The third kappa shape index (κ3) is 3.87. The second kappa shape index (κ2) is 8.70. The molecule has 0 heterocycles. The van der Waals surface area contributed by atoms with E-state index < -0.39 is 0 Å². The van der Waals surface area contributed by atoms with Gasteiger partial charge in [-0.2, -0.15) is 0 Å². The van der Waals surface area contributed by atoms with Crippen LogP contribution in [0.4, 0.5) is 0 Å². The van der Waals surface area contributed by atoms with E-state index in [2.05, 4.69) is 45.1 Å². The standard InChI is InChI=1S/C30H46N2O/c1-20(32(4)5)25-13-14-26-24-12-11-22-19-23(31-28(33)21-9-7-6-8-10-21)15-17-29(22,2)27(24)16-18-30(25,26)3/h6-10,20,22-27H,11-19H2,1-5H3,(H,31,33)/t20-,22+,23+,24+,25-,26+,27-,29+,30-/m1/s1. The van der Waals surface area contributed by atoms with Gasteiger partial charge < -0.3 is 10.2 Å². The smallest absolute Gasteiger partial charge is 0.251 e. The molecule has 4 saturated carbocycles. The molecule has 3 heteroatoms. The molecule has 1 amide bonds. The maximum Gasteiger partial charge on any atom is 0.251 e. The van der Waals surface area contributed by atoms with Crippen molar-refractivity contribution in [2.75, 3.05) is 14.1 Å². The summed E-state index contributed by atoms with van der Waals surface area (Å²) in [4.78, 5) is 15.2. The minimum absolute atomic E-state index is 0.110. The summed E-state index contributed by atoms with van der Waals surface area (Å²) in [6.07, 6.45) is 12.2. The van der Waals surface area contributed by atoms with Gasteiger partial charge in [0.25, 0.3) is 5.91 Å². The molecule has 0 bridgehead atoms. The topological polar surface area (TPSA) is 32.3 Å². The van der Waals surface area contributed by atoms with E-state index in [1.54, 1.807) is 0 Å². The number of fused-ring (bicyclic) bond motifs is 5. The Morgan fingerprint density at radius 3 is 2.36 bits per heavy atom. The highest BCUT2D eigenvalue weighted by molar-refractivity contribution is 5.94. The number of hydrogen-bond acceptors (Lipinski definition) is 2. The fourth-order valence-corrected chi connectivity index (χ4v) is 9.44. The number of amides is 1. The Morgan fingerprint density at radius 2 is 1.64 bits per heavy atom. The highest BCUT2D eigenvalue weighted by Gasteiger charge is 2.60. The Labute approximate surface area is 202 Å². The second-order valence-corrected chi connectivity index (χ2v) is 12.9. The van der Waals surface area contributed by atoms with E-state index in [0.717, 1.165) is 41.6 Å². The summed E-state index contributed by atoms with van der Waals surface area (Å²) in [5.74, 6) is 4.49. The zero-order chi connectivity index (χ0) is 23.4. The largest absolute Gasteiger partial charge is 0.349 e. The Morgan fingerprint density at radius 1 is 0.939 bits per heavy atom. The van der Waals surface area contributed by atoms with Crippen molar-refractivity contribution in [3.8, 4) is 0 Å². The highest BCUT2D eigenvalue weighted by Crippen LogP contribution is 2.67. The van der Waals surface area contributed by atoms with Gasteiger partial charge >= 0.3 is 0 Å². The SMILES string of the molecule is C[C@H]([C@H]1CC[C@H]2[C@@H]3CC[C@H]4C[C@@H](NC(=O)c5ccccc5)CC[C@]4(C)[C@@H]3CC[C@]12C)N(C)C. The van der Waals surface area contributed by atoms with Crippen molar-refractivity contribution in [3.05, 3.63) is 35.9 Å². The van der Waals surface area contributed by atoms with E-state index in [4.69, 9.17) is 0 Å². The summed E-state index contributed by atoms with van der Waals surface area (Å²) in [6.45, 7) is 7.77. The first-order valence-electron chi connectivity index (χ1n) is 13.8. The van der Waals surface area contributed by atoms with Gasteiger partial charge in [0, 0.05) is 17.6 Å². The van der Waals surface area contributed by atoms with Crippen LogP contribution in [0.3, 0.4) is 0 Å². The normalized spacial score (nSPS) is 43.3. The van der Waals surface area contributed by atoms with Gasteiger partial charge in [0.2, 0.25) is 0 Å². The maximum atomic E-state index is 12.8. The summed E-state index contributed by atoms with van der Waals surface area (Å²) in [5, 5.41) is 3.39. The van der Waals surface area contributed by atoms with Crippen LogP contribution >= 0.6 is 0 Å². The number of carbonyl (C=O) groups is 1. The Bertz CT molecular complexity index is 852. The molecular formula is C30H46N2O. The zero-order valence-electron chi connectivity index (χ0n) is 21.6. The summed E-state index contributed by atoms with van der Waals surface area (Å²) >= 11 is 0. The molecular weight excluding hydrogens is 404 g/mol. The average molecular weight is 451 g/mol. The number of rotatable bonds is 4. The molecule has 5 rings (SSSR count). The van der Waals surface area contributed by atoms with Gasteiger partial charge in [0.1, 0.15) is 0 Å². The van der Waals surface area contributed by atoms with Crippen molar-refractivity contribution in [1.82, 2.24) is 10.2 Å². The second-order valence-electron chi connectivity index (χ2n) is 12.9. The molecule has 0 radical (unpaired) electrons. The van der Waals surface area contributed by atoms with Gasteiger partial charge in [-0.05, 0) is 131 Å². The van der Waals surface area contributed by atoms with Gasteiger partial charge in [-0.15, -0.1) is 0 Å². The van der Waals surface area contributed by atoms with Crippen molar-refractivity contribution >= 4 is 5.91 Å². The average Bonchev–Trinajstić information content (AvgIpc) is 3.16. The minimum Gasteiger partial charge on any atom is -0.349 e. The summed E-state index contributed by atoms with van der Waals surface area (Å²) in [5.41, 5.74) is 1.81. The summed E-state index contributed by atoms with van der Waals surface area (Å²) < 4.78 is 0. The third-order valence-electron chi connectivity index (χ3n) is 11.5. The van der Waals surface area contributed by atoms with Crippen molar-refractivity contribution in [2.24, 2.45) is 40.4 Å². The van der Waals surface area contributed by atoms with Crippen LogP contribution in [0.5, 0.6) is 0 Å². The van der Waals surface area contributed by atoms with Crippen LogP contribution in [0, 0.1) is 40.4 Å².